The first-order valence-corrected chi connectivity index (χ1v) is 7.17. The molecule has 0 bridgehead atoms. The fourth-order valence-corrected chi connectivity index (χ4v) is 2.78. The SMILES string of the molecule is CC1CCCC1C(=O)NCc1ccccc1C#CCO. The fourth-order valence-electron chi connectivity index (χ4n) is 2.78. The summed E-state index contributed by atoms with van der Waals surface area (Å²) in [7, 11) is 0. The van der Waals surface area contributed by atoms with Crippen molar-refractivity contribution in [2.75, 3.05) is 6.61 Å². The van der Waals surface area contributed by atoms with Crippen molar-refractivity contribution in [2.45, 2.75) is 32.7 Å². The zero-order valence-corrected chi connectivity index (χ0v) is 11.9. The molecule has 0 radical (unpaired) electrons. The molecule has 3 heteroatoms. The van der Waals surface area contributed by atoms with E-state index in [0.29, 0.717) is 12.5 Å². The van der Waals surface area contributed by atoms with E-state index in [-0.39, 0.29) is 18.4 Å². The number of rotatable bonds is 3. The lowest BCUT2D eigenvalue weighted by Gasteiger charge is -2.15. The highest BCUT2D eigenvalue weighted by Crippen LogP contribution is 2.31. The maximum atomic E-state index is 12.2. The Balaban J connectivity index is 1.98. The number of aliphatic hydroxyl groups excluding tert-OH is 1. The van der Waals surface area contributed by atoms with Gasteiger partial charge in [0.05, 0.1) is 0 Å². The van der Waals surface area contributed by atoms with E-state index in [1.54, 1.807) is 0 Å². The Kier molecular flexibility index (Phi) is 5.20. The normalized spacial score (nSPS) is 21.1. The molecule has 106 valence electrons. The van der Waals surface area contributed by atoms with E-state index in [4.69, 9.17) is 5.11 Å². The third-order valence-electron chi connectivity index (χ3n) is 3.97. The first-order valence-electron chi connectivity index (χ1n) is 7.17. The molecule has 1 fully saturated rings. The van der Waals surface area contributed by atoms with Crippen LogP contribution in [0.15, 0.2) is 24.3 Å². The third kappa shape index (κ3) is 3.61. The summed E-state index contributed by atoms with van der Waals surface area (Å²) in [4.78, 5) is 12.2. The van der Waals surface area contributed by atoms with Crippen LogP contribution in [0.4, 0.5) is 0 Å². The van der Waals surface area contributed by atoms with Gasteiger partial charge in [0, 0.05) is 18.0 Å². The topological polar surface area (TPSA) is 49.3 Å². The van der Waals surface area contributed by atoms with Crippen LogP contribution in [0.25, 0.3) is 0 Å². The standard InChI is InChI=1S/C17H21NO2/c1-13-6-4-10-16(13)17(20)18-12-15-8-3-2-7-14(15)9-5-11-19/h2-3,7-8,13,16,19H,4,6,10-12H2,1H3,(H,18,20). The van der Waals surface area contributed by atoms with Gasteiger partial charge in [-0.15, -0.1) is 0 Å². The van der Waals surface area contributed by atoms with E-state index in [2.05, 4.69) is 24.1 Å². The van der Waals surface area contributed by atoms with Gasteiger partial charge >= 0.3 is 0 Å². The minimum Gasteiger partial charge on any atom is -0.384 e. The first kappa shape index (κ1) is 14.6. The van der Waals surface area contributed by atoms with Crippen molar-refractivity contribution in [3.63, 3.8) is 0 Å². The lowest BCUT2D eigenvalue weighted by Crippen LogP contribution is -2.31. The number of benzene rings is 1. The van der Waals surface area contributed by atoms with E-state index in [0.717, 1.165) is 30.4 Å². The Morgan fingerprint density at radius 3 is 2.90 bits per heavy atom. The van der Waals surface area contributed by atoms with E-state index in [1.807, 2.05) is 24.3 Å². The van der Waals surface area contributed by atoms with Crippen molar-refractivity contribution in [3.8, 4) is 11.8 Å². The van der Waals surface area contributed by atoms with Gasteiger partial charge in [0.1, 0.15) is 6.61 Å². The number of amides is 1. The van der Waals surface area contributed by atoms with Crippen molar-refractivity contribution in [2.24, 2.45) is 11.8 Å². The Bertz CT molecular complexity index is 527. The summed E-state index contributed by atoms with van der Waals surface area (Å²) in [5, 5.41) is 11.8. The second kappa shape index (κ2) is 7.12. The summed E-state index contributed by atoms with van der Waals surface area (Å²) < 4.78 is 0. The van der Waals surface area contributed by atoms with Crippen LogP contribution in [0.5, 0.6) is 0 Å². The molecule has 1 aliphatic carbocycles. The highest BCUT2D eigenvalue weighted by molar-refractivity contribution is 5.79. The average Bonchev–Trinajstić information content (AvgIpc) is 2.89. The first-order chi connectivity index (χ1) is 9.72. The second-order valence-corrected chi connectivity index (χ2v) is 5.35. The Morgan fingerprint density at radius 1 is 1.40 bits per heavy atom. The van der Waals surface area contributed by atoms with Gasteiger partial charge in [-0.3, -0.25) is 4.79 Å². The monoisotopic (exact) mass is 271 g/mol. The van der Waals surface area contributed by atoms with Gasteiger partial charge in [-0.25, -0.2) is 0 Å². The molecular formula is C17H21NO2. The molecule has 1 aliphatic rings. The molecule has 2 N–H and O–H groups in total. The lowest BCUT2D eigenvalue weighted by molar-refractivity contribution is -0.126. The van der Waals surface area contributed by atoms with Crippen LogP contribution in [0.3, 0.4) is 0 Å². The minimum absolute atomic E-state index is 0.152. The molecule has 1 aromatic rings. The number of hydrogen-bond acceptors (Lipinski definition) is 2. The Labute approximate surface area is 120 Å². The molecule has 1 amide bonds. The van der Waals surface area contributed by atoms with Gasteiger partial charge in [0.2, 0.25) is 5.91 Å². The van der Waals surface area contributed by atoms with Crippen molar-refractivity contribution in [3.05, 3.63) is 35.4 Å². The van der Waals surface area contributed by atoms with E-state index in [9.17, 15) is 4.79 Å². The molecule has 0 spiro atoms. The average molecular weight is 271 g/mol. The summed E-state index contributed by atoms with van der Waals surface area (Å²) in [5.41, 5.74) is 1.86. The largest absolute Gasteiger partial charge is 0.384 e. The summed E-state index contributed by atoms with van der Waals surface area (Å²) in [5.74, 6) is 6.36. The summed E-state index contributed by atoms with van der Waals surface area (Å²) in [6, 6.07) is 7.71. The van der Waals surface area contributed by atoms with Gasteiger partial charge in [0.25, 0.3) is 0 Å². The predicted octanol–water partition coefficient (Wildman–Crippen LogP) is 2.08. The van der Waals surface area contributed by atoms with Crippen LogP contribution in [-0.4, -0.2) is 17.6 Å². The molecule has 3 nitrogen and oxygen atoms in total. The van der Waals surface area contributed by atoms with Crippen LogP contribution in [0.1, 0.15) is 37.3 Å². The van der Waals surface area contributed by atoms with Gasteiger partial charge in [0.15, 0.2) is 0 Å². The van der Waals surface area contributed by atoms with Crippen molar-refractivity contribution >= 4 is 5.91 Å². The van der Waals surface area contributed by atoms with Crippen LogP contribution in [-0.2, 0) is 11.3 Å². The van der Waals surface area contributed by atoms with Crippen molar-refractivity contribution in [1.29, 1.82) is 0 Å². The van der Waals surface area contributed by atoms with Crippen molar-refractivity contribution < 1.29 is 9.90 Å². The number of hydrogen-bond donors (Lipinski definition) is 2. The highest BCUT2D eigenvalue weighted by atomic mass is 16.2. The molecule has 2 rings (SSSR count). The maximum Gasteiger partial charge on any atom is 0.223 e. The summed E-state index contributed by atoms with van der Waals surface area (Å²) in [6.45, 7) is 2.50. The van der Waals surface area contributed by atoms with E-state index in [1.165, 1.54) is 0 Å². The van der Waals surface area contributed by atoms with E-state index < -0.39 is 0 Å². The maximum absolute atomic E-state index is 12.2. The molecule has 0 saturated heterocycles. The fraction of sp³-hybridized carbons (Fsp3) is 0.471. The van der Waals surface area contributed by atoms with Crippen molar-refractivity contribution in [1.82, 2.24) is 5.32 Å². The predicted molar refractivity (Wildman–Crippen MR) is 78.8 cm³/mol. The lowest BCUT2D eigenvalue weighted by atomic mass is 9.97. The van der Waals surface area contributed by atoms with Crippen LogP contribution >= 0.6 is 0 Å². The number of nitrogens with one attached hydrogen (secondary N) is 1. The molecule has 0 aliphatic heterocycles. The molecule has 2 unspecified atom stereocenters. The third-order valence-corrected chi connectivity index (χ3v) is 3.97. The quantitative estimate of drug-likeness (QED) is 0.827. The van der Waals surface area contributed by atoms with E-state index >= 15 is 0 Å². The Hall–Kier alpha value is -1.79. The smallest absolute Gasteiger partial charge is 0.223 e. The van der Waals surface area contributed by atoms with Gasteiger partial charge in [-0.05, 0) is 30.4 Å². The summed E-state index contributed by atoms with van der Waals surface area (Å²) >= 11 is 0. The zero-order chi connectivity index (χ0) is 14.4. The number of carbonyl (C=O) groups is 1. The minimum atomic E-state index is -0.152. The highest BCUT2D eigenvalue weighted by Gasteiger charge is 2.29. The van der Waals surface area contributed by atoms with Gasteiger partial charge in [-0.2, -0.15) is 0 Å². The molecule has 0 aromatic heterocycles. The molecule has 2 atom stereocenters. The van der Waals surface area contributed by atoms with Crippen LogP contribution < -0.4 is 5.32 Å². The number of carbonyl (C=O) groups excluding carboxylic acids is 1. The molecule has 20 heavy (non-hydrogen) atoms. The second-order valence-electron chi connectivity index (χ2n) is 5.35. The molecule has 1 saturated carbocycles. The Morgan fingerprint density at radius 2 is 2.20 bits per heavy atom. The zero-order valence-electron chi connectivity index (χ0n) is 11.9. The summed E-state index contributed by atoms with van der Waals surface area (Å²) in [6.07, 6.45) is 3.30. The number of aliphatic hydroxyl groups is 1. The van der Waals surface area contributed by atoms with Crippen LogP contribution in [0, 0.1) is 23.7 Å². The van der Waals surface area contributed by atoms with Gasteiger partial charge < -0.3 is 10.4 Å². The molecular weight excluding hydrogens is 250 g/mol. The molecule has 1 aromatic carbocycles. The van der Waals surface area contributed by atoms with Gasteiger partial charge in [-0.1, -0.05) is 43.4 Å². The molecule has 0 heterocycles. The van der Waals surface area contributed by atoms with Crippen LogP contribution in [0.2, 0.25) is 0 Å².